The molecule has 1 rings (SSSR count). The zero-order chi connectivity index (χ0) is 6.69. The van der Waals surface area contributed by atoms with Gasteiger partial charge in [0.1, 0.15) is 6.20 Å². The highest BCUT2D eigenvalue weighted by molar-refractivity contribution is 5.47. The maximum Gasteiger partial charge on any atom is 0.191 e. The summed E-state index contributed by atoms with van der Waals surface area (Å²) in [6, 6.07) is 0. The summed E-state index contributed by atoms with van der Waals surface area (Å²) < 4.78 is 9.30. The monoisotopic (exact) mass is 126 g/mol. The first kappa shape index (κ1) is 5.81. The maximum absolute atomic E-state index is 6.56. The van der Waals surface area contributed by atoms with E-state index in [9.17, 15) is 0 Å². The normalized spacial score (nSPS) is 9.00. The molecule has 1 aromatic rings. The first-order valence-corrected chi connectivity index (χ1v) is 2.41. The van der Waals surface area contributed by atoms with E-state index in [1.54, 1.807) is 6.92 Å². The van der Waals surface area contributed by atoms with Gasteiger partial charge in [0, 0.05) is 6.92 Å². The van der Waals surface area contributed by atoms with E-state index in [-0.39, 0.29) is 0 Å². The van der Waals surface area contributed by atoms with Crippen molar-refractivity contribution in [3.63, 3.8) is 0 Å². The summed E-state index contributed by atoms with van der Waals surface area (Å²) in [5.41, 5.74) is 0. The molecule has 4 nitrogen and oxygen atoms in total. The molecule has 0 spiro atoms. The Balaban J connectivity index is 2.80. The number of rotatable bonds is 2. The van der Waals surface area contributed by atoms with Crippen LogP contribution >= 0.6 is 0 Å². The molecule has 9 heavy (non-hydrogen) atoms. The molecule has 0 radical (unpaired) electrons. The smallest absolute Gasteiger partial charge is 0.191 e. The van der Waals surface area contributed by atoms with E-state index in [1.165, 1.54) is 6.20 Å². The number of nitrogens with one attached hydrogen (secondary N) is 1. The highest BCUT2D eigenvalue weighted by Crippen LogP contribution is 2.13. The minimum atomic E-state index is 0.491. The zero-order valence-electron chi connectivity index (χ0n) is 4.92. The van der Waals surface area contributed by atoms with Crippen molar-refractivity contribution in [1.29, 1.82) is 5.41 Å². The molecule has 0 aliphatic carbocycles. The summed E-state index contributed by atoms with van der Waals surface area (Å²) in [6.07, 6.45) is 2.25. The second kappa shape index (κ2) is 2.30. The molecule has 0 aliphatic heterocycles. The minimum Gasteiger partial charge on any atom is -0.441 e. The lowest BCUT2D eigenvalue weighted by molar-refractivity contribution is 0.391. The van der Waals surface area contributed by atoms with Gasteiger partial charge in [-0.15, -0.1) is 0 Å². The predicted molar refractivity (Wildman–Crippen MR) is 30.7 cm³/mol. The number of ether oxygens (including phenoxy) is 1. The van der Waals surface area contributed by atoms with Crippen molar-refractivity contribution in [3.8, 4) is 5.75 Å². The van der Waals surface area contributed by atoms with E-state index in [1.807, 2.05) is 0 Å². The quantitative estimate of drug-likeness (QED) is 0.474. The highest BCUT2D eigenvalue weighted by atomic mass is 16.5. The topological polar surface area (TPSA) is 59.1 Å². The Hall–Kier alpha value is -1.32. The Labute approximate surface area is 51.9 Å². The lowest BCUT2D eigenvalue weighted by Gasteiger charge is -1.89. The summed E-state index contributed by atoms with van der Waals surface area (Å²) in [4.78, 5) is 0. The Morgan fingerprint density at radius 3 is 3.11 bits per heavy atom. The molecule has 0 aromatic carbocycles. The van der Waals surface area contributed by atoms with Gasteiger partial charge >= 0.3 is 0 Å². The van der Waals surface area contributed by atoms with Gasteiger partial charge in [-0.2, -0.15) is 0 Å². The summed E-state index contributed by atoms with van der Waals surface area (Å²) in [5.74, 6) is 1.07. The van der Waals surface area contributed by atoms with E-state index in [4.69, 9.17) is 5.41 Å². The molecule has 0 atom stereocenters. The highest BCUT2D eigenvalue weighted by Gasteiger charge is 2.00. The lowest BCUT2D eigenvalue weighted by Crippen LogP contribution is -1.85. The van der Waals surface area contributed by atoms with Crippen LogP contribution in [0.3, 0.4) is 0 Å². The number of nitrogens with zero attached hydrogens (tertiary/aromatic N) is 1. The Kier molecular flexibility index (Phi) is 1.48. The van der Waals surface area contributed by atoms with Crippen LogP contribution in [0.15, 0.2) is 10.7 Å². The molecule has 0 aliphatic rings. The van der Waals surface area contributed by atoms with Crippen LogP contribution in [0, 0.1) is 12.3 Å². The van der Waals surface area contributed by atoms with E-state index >= 15 is 0 Å². The zero-order valence-corrected chi connectivity index (χ0v) is 4.92. The summed E-state index contributed by atoms with van der Waals surface area (Å²) in [5, 5.41) is 10.00. The van der Waals surface area contributed by atoms with Crippen LogP contribution in [0.4, 0.5) is 0 Å². The molecule has 1 heterocycles. The Bertz CT molecular complexity index is 206. The largest absolute Gasteiger partial charge is 0.441 e. The summed E-state index contributed by atoms with van der Waals surface area (Å²) >= 11 is 0. The van der Waals surface area contributed by atoms with Crippen molar-refractivity contribution >= 4 is 6.40 Å². The SMILES string of the molecule is Cc1oncc1OC=N. The predicted octanol–water partition coefficient (Wildman–Crippen LogP) is 0.969. The summed E-state index contributed by atoms with van der Waals surface area (Å²) in [7, 11) is 0. The van der Waals surface area contributed by atoms with Crippen LogP contribution < -0.4 is 4.74 Å². The van der Waals surface area contributed by atoms with Gasteiger partial charge in [0.25, 0.3) is 0 Å². The van der Waals surface area contributed by atoms with Gasteiger partial charge < -0.3 is 9.26 Å². The van der Waals surface area contributed by atoms with Crippen LogP contribution in [-0.4, -0.2) is 11.6 Å². The van der Waals surface area contributed by atoms with Crippen LogP contribution in [0.2, 0.25) is 0 Å². The van der Waals surface area contributed by atoms with Crippen molar-refractivity contribution in [1.82, 2.24) is 5.16 Å². The van der Waals surface area contributed by atoms with Crippen LogP contribution in [0.1, 0.15) is 5.76 Å². The number of hydrogen-bond acceptors (Lipinski definition) is 4. The molecule has 4 heteroatoms. The molecular weight excluding hydrogens is 120 g/mol. The van der Waals surface area contributed by atoms with E-state index in [0.29, 0.717) is 11.5 Å². The first-order valence-electron chi connectivity index (χ1n) is 2.41. The van der Waals surface area contributed by atoms with E-state index in [2.05, 4.69) is 14.4 Å². The molecule has 0 saturated carbocycles. The fourth-order valence-electron chi connectivity index (χ4n) is 0.466. The van der Waals surface area contributed by atoms with E-state index in [0.717, 1.165) is 6.40 Å². The Morgan fingerprint density at radius 1 is 1.89 bits per heavy atom. The van der Waals surface area contributed by atoms with Gasteiger partial charge in [0.2, 0.25) is 0 Å². The number of aryl methyl sites for hydroxylation is 1. The van der Waals surface area contributed by atoms with Gasteiger partial charge in [-0.3, -0.25) is 5.41 Å². The van der Waals surface area contributed by atoms with Gasteiger partial charge in [-0.25, -0.2) is 0 Å². The van der Waals surface area contributed by atoms with Gasteiger partial charge in [-0.05, 0) is 0 Å². The van der Waals surface area contributed by atoms with Crippen molar-refractivity contribution in [2.24, 2.45) is 0 Å². The molecule has 48 valence electrons. The van der Waals surface area contributed by atoms with Crippen LogP contribution in [0.5, 0.6) is 5.75 Å². The fraction of sp³-hybridized carbons (Fsp3) is 0.200. The number of hydrogen-bond donors (Lipinski definition) is 1. The molecular formula is C5H6N2O2. The molecule has 1 aromatic heterocycles. The van der Waals surface area contributed by atoms with Crippen LogP contribution in [0.25, 0.3) is 0 Å². The Morgan fingerprint density at radius 2 is 2.67 bits per heavy atom. The van der Waals surface area contributed by atoms with Crippen molar-refractivity contribution < 1.29 is 9.26 Å². The first-order chi connectivity index (χ1) is 4.34. The molecule has 1 N–H and O–H groups in total. The van der Waals surface area contributed by atoms with Crippen molar-refractivity contribution in [2.45, 2.75) is 6.92 Å². The number of aromatic nitrogens is 1. The average Bonchev–Trinajstić information content (AvgIpc) is 2.18. The van der Waals surface area contributed by atoms with Crippen LogP contribution in [-0.2, 0) is 0 Å². The molecule has 0 unspecified atom stereocenters. The second-order valence-corrected chi connectivity index (χ2v) is 1.48. The summed E-state index contributed by atoms with van der Waals surface area (Å²) in [6.45, 7) is 1.71. The average molecular weight is 126 g/mol. The molecule has 0 bridgehead atoms. The molecule has 0 fully saturated rings. The second-order valence-electron chi connectivity index (χ2n) is 1.48. The standard InChI is InChI=1S/C5H6N2O2/c1-4-5(8-3-6)2-7-9-4/h2-3,6H,1H3. The third kappa shape index (κ3) is 1.07. The maximum atomic E-state index is 6.56. The lowest BCUT2D eigenvalue weighted by atomic mass is 10.5. The molecule has 0 amide bonds. The third-order valence-corrected chi connectivity index (χ3v) is 0.892. The van der Waals surface area contributed by atoms with Crippen molar-refractivity contribution in [2.75, 3.05) is 0 Å². The molecule has 0 saturated heterocycles. The van der Waals surface area contributed by atoms with Crippen molar-refractivity contribution in [3.05, 3.63) is 12.0 Å². The minimum absolute atomic E-state index is 0.491. The van der Waals surface area contributed by atoms with Gasteiger partial charge in [-0.1, -0.05) is 5.16 Å². The van der Waals surface area contributed by atoms with E-state index < -0.39 is 0 Å². The fourth-order valence-corrected chi connectivity index (χ4v) is 0.466. The van der Waals surface area contributed by atoms with Gasteiger partial charge in [0.15, 0.2) is 17.9 Å². The van der Waals surface area contributed by atoms with Gasteiger partial charge in [0.05, 0.1) is 0 Å². The third-order valence-electron chi connectivity index (χ3n) is 0.892.